The molecule has 0 aromatic heterocycles. The fraction of sp³-hybridized carbons (Fsp3) is 0.167. The van der Waals surface area contributed by atoms with Crippen LogP contribution in [0.1, 0.15) is 22.8 Å². The summed E-state index contributed by atoms with van der Waals surface area (Å²) >= 11 is 5.02. The van der Waals surface area contributed by atoms with E-state index in [2.05, 4.69) is 10.6 Å². The van der Waals surface area contributed by atoms with Crippen LogP contribution in [0.15, 0.2) is 54.6 Å². The Morgan fingerprint density at radius 1 is 1.08 bits per heavy atom. The van der Waals surface area contributed by atoms with Crippen LogP contribution < -0.4 is 10.6 Å². The molecule has 0 aliphatic carbocycles. The zero-order chi connectivity index (χ0) is 17.5. The van der Waals surface area contributed by atoms with Gasteiger partial charge in [0.25, 0.3) is 5.91 Å². The maximum atomic E-state index is 12.6. The Morgan fingerprint density at radius 3 is 2.46 bits per heavy atom. The SMILES string of the molecule is CC(=O)NC(=S)Nc1cccc(C(=O)N(C)Cc2ccccc2)c1. The van der Waals surface area contributed by atoms with E-state index in [-0.39, 0.29) is 16.9 Å². The molecule has 0 aliphatic rings. The van der Waals surface area contributed by atoms with Crippen molar-refractivity contribution >= 4 is 34.8 Å². The molecule has 2 N–H and O–H groups in total. The van der Waals surface area contributed by atoms with Gasteiger partial charge in [-0.2, -0.15) is 0 Å². The Morgan fingerprint density at radius 2 is 1.79 bits per heavy atom. The first-order valence-corrected chi connectivity index (χ1v) is 7.84. The lowest BCUT2D eigenvalue weighted by molar-refractivity contribution is -0.117. The minimum atomic E-state index is -0.248. The number of thiocarbonyl (C=S) groups is 1. The summed E-state index contributed by atoms with van der Waals surface area (Å²) in [6.45, 7) is 1.91. The molecule has 0 fully saturated rings. The van der Waals surface area contributed by atoms with E-state index in [4.69, 9.17) is 12.2 Å². The number of rotatable bonds is 4. The van der Waals surface area contributed by atoms with E-state index >= 15 is 0 Å². The zero-order valence-corrected chi connectivity index (χ0v) is 14.4. The fourth-order valence-corrected chi connectivity index (χ4v) is 2.46. The fourth-order valence-electron chi connectivity index (χ4n) is 2.20. The van der Waals surface area contributed by atoms with Gasteiger partial charge in [0, 0.05) is 31.8 Å². The maximum Gasteiger partial charge on any atom is 0.253 e. The Balaban J connectivity index is 2.05. The third kappa shape index (κ3) is 5.17. The van der Waals surface area contributed by atoms with Gasteiger partial charge in [0.15, 0.2) is 5.11 Å². The van der Waals surface area contributed by atoms with Crippen molar-refractivity contribution in [2.24, 2.45) is 0 Å². The smallest absolute Gasteiger partial charge is 0.253 e. The molecule has 0 unspecified atom stereocenters. The number of benzene rings is 2. The van der Waals surface area contributed by atoms with E-state index in [1.54, 1.807) is 36.2 Å². The van der Waals surface area contributed by atoms with Gasteiger partial charge in [-0.15, -0.1) is 0 Å². The molecule has 124 valence electrons. The summed E-state index contributed by atoms with van der Waals surface area (Å²) in [4.78, 5) is 25.2. The van der Waals surface area contributed by atoms with Gasteiger partial charge in [-0.3, -0.25) is 9.59 Å². The molecular weight excluding hydrogens is 322 g/mol. The first-order chi connectivity index (χ1) is 11.5. The topological polar surface area (TPSA) is 61.4 Å². The molecule has 2 aromatic rings. The third-order valence-electron chi connectivity index (χ3n) is 3.27. The second-order valence-electron chi connectivity index (χ2n) is 5.36. The molecule has 6 heteroatoms. The van der Waals surface area contributed by atoms with Gasteiger partial charge in [-0.1, -0.05) is 36.4 Å². The molecule has 0 atom stereocenters. The molecule has 5 nitrogen and oxygen atoms in total. The molecule has 0 saturated carbocycles. The summed E-state index contributed by atoms with van der Waals surface area (Å²) in [5, 5.41) is 5.57. The van der Waals surface area contributed by atoms with Gasteiger partial charge in [-0.05, 0) is 36.0 Å². The second-order valence-corrected chi connectivity index (χ2v) is 5.77. The lowest BCUT2D eigenvalue weighted by Gasteiger charge is -2.18. The molecule has 0 heterocycles. The quantitative estimate of drug-likeness (QED) is 0.840. The van der Waals surface area contributed by atoms with Crippen LogP contribution in [0, 0.1) is 0 Å². The molecule has 0 spiro atoms. The predicted molar refractivity (Wildman–Crippen MR) is 98.7 cm³/mol. The number of nitrogens with zero attached hydrogens (tertiary/aromatic N) is 1. The van der Waals surface area contributed by atoms with E-state index < -0.39 is 0 Å². The first kappa shape index (κ1) is 17.6. The van der Waals surface area contributed by atoms with Crippen LogP contribution in [0.5, 0.6) is 0 Å². The average Bonchev–Trinajstić information content (AvgIpc) is 2.54. The summed E-state index contributed by atoms with van der Waals surface area (Å²) in [6, 6.07) is 16.8. The van der Waals surface area contributed by atoms with Crippen molar-refractivity contribution in [3.05, 3.63) is 65.7 Å². The molecule has 0 aliphatic heterocycles. The summed E-state index contributed by atoms with van der Waals surface area (Å²) in [5.41, 5.74) is 2.26. The molecule has 2 aromatic carbocycles. The highest BCUT2D eigenvalue weighted by atomic mass is 32.1. The van der Waals surface area contributed by atoms with Crippen LogP contribution in [0.25, 0.3) is 0 Å². The Bertz CT molecular complexity index is 747. The van der Waals surface area contributed by atoms with Crippen molar-refractivity contribution in [2.45, 2.75) is 13.5 Å². The molecule has 2 amide bonds. The van der Waals surface area contributed by atoms with Crippen molar-refractivity contribution in [1.82, 2.24) is 10.2 Å². The van der Waals surface area contributed by atoms with Crippen LogP contribution in [0.4, 0.5) is 5.69 Å². The van der Waals surface area contributed by atoms with E-state index in [9.17, 15) is 9.59 Å². The predicted octanol–water partition coefficient (Wildman–Crippen LogP) is 2.79. The highest BCUT2D eigenvalue weighted by molar-refractivity contribution is 7.80. The molecule has 0 radical (unpaired) electrons. The lowest BCUT2D eigenvalue weighted by Crippen LogP contribution is -2.32. The molecule has 0 bridgehead atoms. The average molecular weight is 341 g/mol. The third-order valence-corrected chi connectivity index (χ3v) is 3.47. The summed E-state index contributed by atoms with van der Waals surface area (Å²) in [6.07, 6.45) is 0. The standard InChI is InChI=1S/C18H19N3O2S/c1-13(22)19-18(24)20-16-10-6-9-15(11-16)17(23)21(2)12-14-7-4-3-5-8-14/h3-11H,12H2,1-2H3,(H2,19,20,22,24). The Kier molecular flexibility index (Phi) is 6.03. The van der Waals surface area contributed by atoms with Crippen LogP contribution >= 0.6 is 12.2 Å². The minimum Gasteiger partial charge on any atom is -0.337 e. The van der Waals surface area contributed by atoms with Gasteiger partial charge in [-0.25, -0.2) is 0 Å². The summed E-state index contributed by atoms with van der Waals surface area (Å²) in [5.74, 6) is -0.338. The van der Waals surface area contributed by atoms with Gasteiger partial charge in [0.1, 0.15) is 0 Å². The monoisotopic (exact) mass is 341 g/mol. The summed E-state index contributed by atoms with van der Waals surface area (Å²) in [7, 11) is 1.76. The molecule has 2 rings (SSSR count). The normalized spacial score (nSPS) is 9.92. The molecule has 24 heavy (non-hydrogen) atoms. The minimum absolute atomic E-state index is 0.0899. The van der Waals surface area contributed by atoms with Crippen molar-refractivity contribution < 1.29 is 9.59 Å². The number of hydrogen-bond donors (Lipinski definition) is 2. The van der Waals surface area contributed by atoms with E-state index in [0.717, 1.165) is 5.56 Å². The lowest BCUT2D eigenvalue weighted by atomic mass is 10.1. The van der Waals surface area contributed by atoms with Crippen molar-refractivity contribution in [3.63, 3.8) is 0 Å². The van der Waals surface area contributed by atoms with Crippen molar-refractivity contribution in [1.29, 1.82) is 0 Å². The van der Waals surface area contributed by atoms with Crippen LogP contribution in [0.2, 0.25) is 0 Å². The number of nitrogens with one attached hydrogen (secondary N) is 2. The number of carbonyl (C=O) groups is 2. The maximum absolute atomic E-state index is 12.6. The number of carbonyl (C=O) groups excluding carboxylic acids is 2. The van der Waals surface area contributed by atoms with Crippen molar-refractivity contribution in [2.75, 3.05) is 12.4 Å². The molecular formula is C18H19N3O2S. The highest BCUT2D eigenvalue weighted by Crippen LogP contribution is 2.14. The highest BCUT2D eigenvalue weighted by Gasteiger charge is 2.12. The van der Waals surface area contributed by atoms with Gasteiger partial charge in [0.05, 0.1) is 0 Å². The van der Waals surface area contributed by atoms with E-state index in [1.165, 1.54) is 6.92 Å². The van der Waals surface area contributed by atoms with E-state index in [0.29, 0.717) is 17.8 Å². The van der Waals surface area contributed by atoms with Gasteiger partial charge >= 0.3 is 0 Å². The van der Waals surface area contributed by atoms with Gasteiger partial charge in [0.2, 0.25) is 5.91 Å². The second kappa shape index (κ2) is 8.21. The number of amides is 2. The first-order valence-electron chi connectivity index (χ1n) is 7.44. The molecule has 0 saturated heterocycles. The largest absolute Gasteiger partial charge is 0.337 e. The number of anilines is 1. The Labute approximate surface area is 146 Å². The number of hydrogen-bond acceptors (Lipinski definition) is 3. The van der Waals surface area contributed by atoms with E-state index in [1.807, 2.05) is 30.3 Å². The Hall–Kier alpha value is -2.73. The van der Waals surface area contributed by atoms with Crippen LogP contribution in [-0.4, -0.2) is 28.9 Å². The summed E-state index contributed by atoms with van der Waals surface area (Å²) < 4.78 is 0. The van der Waals surface area contributed by atoms with Crippen LogP contribution in [-0.2, 0) is 11.3 Å². The zero-order valence-electron chi connectivity index (χ0n) is 13.6. The van der Waals surface area contributed by atoms with Crippen LogP contribution in [0.3, 0.4) is 0 Å². The van der Waals surface area contributed by atoms with Gasteiger partial charge < -0.3 is 15.5 Å². The van der Waals surface area contributed by atoms with Crippen molar-refractivity contribution in [3.8, 4) is 0 Å².